The summed E-state index contributed by atoms with van der Waals surface area (Å²) in [5.74, 6) is 0. The topological polar surface area (TPSA) is 12.0 Å². The maximum absolute atomic E-state index is 3.64. The van der Waals surface area contributed by atoms with E-state index in [0.717, 1.165) is 0 Å². The summed E-state index contributed by atoms with van der Waals surface area (Å²) in [5, 5.41) is 3.64. The van der Waals surface area contributed by atoms with Crippen LogP contribution in [0, 0.1) is 0 Å². The zero-order valence-electron chi connectivity index (χ0n) is 10.9. The van der Waals surface area contributed by atoms with Gasteiger partial charge in [0.25, 0.3) is 0 Å². The molecule has 0 saturated heterocycles. The summed E-state index contributed by atoms with van der Waals surface area (Å²) in [5.41, 5.74) is 5.58. The summed E-state index contributed by atoms with van der Waals surface area (Å²) in [6.45, 7) is 0. The molecule has 1 N–H and O–H groups in total. The molecule has 0 amide bonds. The Hall–Kier alpha value is -2.02. The lowest BCUT2D eigenvalue weighted by Gasteiger charge is -2.34. The SMILES string of the molecule is C1=C2Nc3ccccc3[C@]2(c2ccccc2)CCC1. The molecule has 1 heterocycles. The van der Waals surface area contributed by atoms with E-state index < -0.39 is 0 Å². The predicted molar refractivity (Wildman–Crippen MR) is 79.2 cm³/mol. The summed E-state index contributed by atoms with van der Waals surface area (Å²) < 4.78 is 0. The van der Waals surface area contributed by atoms with Crippen LogP contribution in [0.1, 0.15) is 30.4 Å². The standard InChI is InChI=1S/C18H17N/c1-2-8-14(9-3-1)18-13-7-6-12-17(18)19-16-11-5-4-10-15(16)18/h1-5,8-12,19H,6-7,13H2/t18-/m1/s1. The molecule has 19 heavy (non-hydrogen) atoms. The number of hydrogen-bond acceptors (Lipinski definition) is 1. The van der Waals surface area contributed by atoms with Crippen LogP contribution in [0.3, 0.4) is 0 Å². The van der Waals surface area contributed by atoms with Crippen LogP contribution >= 0.6 is 0 Å². The van der Waals surface area contributed by atoms with Crippen molar-refractivity contribution in [1.29, 1.82) is 0 Å². The van der Waals surface area contributed by atoms with Crippen molar-refractivity contribution >= 4 is 5.69 Å². The van der Waals surface area contributed by atoms with Gasteiger partial charge in [0.2, 0.25) is 0 Å². The Labute approximate surface area is 114 Å². The molecular weight excluding hydrogens is 230 g/mol. The fourth-order valence-corrected chi connectivity index (χ4v) is 3.65. The van der Waals surface area contributed by atoms with Gasteiger partial charge < -0.3 is 5.32 Å². The molecule has 1 atom stereocenters. The number of anilines is 1. The summed E-state index contributed by atoms with van der Waals surface area (Å²) in [4.78, 5) is 0. The number of benzene rings is 2. The molecule has 0 aromatic heterocycles. The van der Waals surface area contributed by atoms with Crippen LogP contribution < -0.4 is 5.32 Å². The van der Waals surface area contributed by atoms with E-state index >= 15 is 0 Å². The first-order chi connectivity index (χ1) is 9.41. The molecule has 2 aliphatic rings. The van der Waals surface area contributed by atoms with Crippen molar-refractivity contribution < 1.29 is 0 Å². The summed E-state index contributed by atoms with van der Waals surface area (Å²) in [7, 11) is 0. The lowest BCUT2D eigenvalue weighted by atomic mass is 9.68. The predicted octanol–water partition coefficient (Wildman–Crippen LogP) is 4.47. The third-order valence-electron chi connectivity index (χ3n) is 4.49. The molecule has 0 radical (unpaired) electrons. The Morgan fingerprint density at radius 3 is 2.58 bits per heavy atom. The van der Waals surface area contributed by atoms with Gasteiger partial charge in [0.15, 0.2) is 0 Å². The number of allylic oxidation sites excluding steroid dienone is 2. The van der Waals surface area contributed by atoms with E-state index in [2.05, 4.69) is 66.0 Å². The van der Waals surface area contributed by atoms with Crippen LogP contribution in [-0.2, 0) is 5.41 Å². The second-order valence-corrected chi connectivity index (χ2v) is 5.45. The Balaban J connectivity index is 2.01. The van der Waals surface area contributed by atoms with Crippen molar-refractivity contribution in [2.24, 2.45) is 0 Å². The molecule has 2 aromatic rings. The highest BCUT2D eigenvalue weighted by atomic mass is 15.0. The van der Waals surface area contributed by atoms with Gasteiger partial charge in [-0.05, 0) is 36.5 Å². The Morgan fingerprint density at radius 1 is 0.895 bits per heavy atom. The van der Waals surface area contributed by atoms with Crippen molar-refractivity contribution in [2.75, 3.05) is 5.32 Å². The summed E-state index contributed by atoms with van der Waals surface area (Å²) in [6, 6.07) is 19.7. The van der Waals surface area contributed by atoms with Gasteiger partial charge in [-0.15, -0.1) is 0 Å². The van der Waals surface area contributed by atoms with Crippen LogP contribution in [0.15, 0.2) is 66.4 Å². The molecule has 0 unspecified atom stereocenters. The molecule has 1 nitrogen and oxygen atoms in total. The van der Waals surface area contributed by atoms with Gasteiger partial charge in [0.05, 0.1) is 5.41 Å². The monoisotopic (exact) mass is 247 g/mol. The van der Waals surface area contributed by atoms with Crippen molar-refractivity contribution in [2.45, 2.75) is 24.7 Å². The lowest BCUT2D eigenvalue weighted by molar-refractivity contribution is 0.517. The number of nitrogens with one attached hydrogen (secondary N) is 1. The molecule has 0 fully saturated rings. The van der Waals surface area contributed by atoms with E-state index in [9.17, 15) is 0 Å². The molecule has 1 aliphatic heterocycles. The van der Waals surface area contributed by atoms with Gasteiger partial charge >= 0.3 is 0 Å². The van der Waals surface area contributed by atoms with Crippen LogP contribution in [0.2, 0.25) is 0 Å². The number of rotatable bonds is 1. The van der Waals surface area contributed by atoms with Crippen LogP contribution in [-0.4, -0.2) is 0 Å². The van der Waals surface area contributed by atoms with Crippen molar-refractivity contribution in [3.05, 3.63) is 77.5 Å². The first kappa shape index (κ1) is 10.9. The van der Waals surface area contributed by atoms with Gasteiger partial charge in [0.1, 0.15) is 0 Å². The second kappa shape index (κ2) is 3.99. The molecule has 2 aromatic carbocycles. The van der Waals surface area contributed by atoms with Gasteiger partial charge in [-0.3, -0.25) is 0 Å². The highest BCUT2D eigenvalue weighted by Gasteiger charge is 2.44. The van der Waals surface area contributed by atoms with Crippen LogP contribution in [0.5, 0.6) is 0 Å². The highest BCUT2D eigenvalue weighted by molar-refractivity contribution is 5.72. The van der Waals surface area contributed by atoms with E-state index in [1.807, 2.05) is 0 Å². The first-order valence-corrected chi connectivity index (χ1v) is 7.04. The Bertz CT molecular complexity index is 642. The number of hydrogen-bond donors (Lipinski definition) is 1. The van der Waals surface area contributed by atoms with Crippen LogP contribution in [0.25, 0.3) is 0 Å². The Kier molecular flexibility index (Phi) is 2.28. The average Bonchev–Trinajstić information content (AvgIpc) is 2.84. The number of para-hydroxylation sites is 1. The maximum atomic E-state index is 3.64. The fraction of sp³-hybridized carbons (Fsp3) is 0.222. The molecule has 1 aliphatic carbocycles. The van der Waals surface area contributed by atoms with Crippen molar-refractivity contribution in [3.63, 3.8) is 0 Å². The molecular formula is C18H17N. The molecule has 0 spiro atoms. The third kappa shape index (κ3) is 1.42. The van der Waals surface area contributed by atoms with Crippen molar-refractivity contribution in [3.8, 4) is 0 Å². The minimum atomic E-state index is 0.0656. The molecule has 1 heteroatoms. The lowest BCUT2D eigenvalue weighted by Crippen LogP contribution is -2.30. The van der Waals surface area contributed by atoms with Gasteiger partial charge in [0, 0.05) is 11.4 Å². The van der Waals surface area contributed by atoms with E-state index in [1.54, 1.807) is 0 Å². The normalized spacial score (nSPS) is 24.1. The largest absolute Gasteiger partial charge is 0.358 e. The zero-order valence-corrected chi connectivity index (χ0v) is 10.9. The minimum absolute atomic E-state index is 0.0656. The van der Waals surface area contributed by atoms with E-state index in [-0.39, 0.29) is 5.41 Å². The Morgan fingerprint density at radius 2 is 1.68 bits per heavy atom. The van der Waals surface area contributed by atoms with Crippen molar-refractivity contribution in [1.82, 2.24) is 0 Å². The van der Waals surface area contributed by atoms with E-state index in [0.29, 0.717) is 0 Å². The maximum Gasteiger partial charge on any atom is 0.0619 e. The smallest absolute Gasteiger partial charge is 0.0619 e. The second-order valence-electron chi connectivity index (χ2n) is 5.45. The van der Waals surface area contributed by atoms with Gasteiger partial charge in [-0.1, -0.05) is 54.6 Å². The van der Waals surface area contributed by atoms with Crippen LogP contribution in [0.4, 0.5) is 5.69 Å². The van der Waals surface area contributed by atoms with Gasteiger partial charge in [-0.25, -0.2) is 0 Å². The zero-order chi connectivity index (χ0) is 12.7. The fourth-order valence-electron chi connectivity index (χ4n) is 3.65. The first-order valence-electron chi connectivity index (χ1n) is 7.04. The number of fused-ring (bicyclic) bond motifs is 3. The summed E-state index contributed by atoms with van der Waals surface area (Å²) >= 11 is 0. The van der Waals surface area contributed by atoms with E-state index in [1.165, 1.54) is 41.8 Å². The highest BCUT2D eigenvalue weighted by Crippen LogP contribution is 2.52. The third-order valence-corrected chi connectivity index (χ3v) is 4.49. The minimum Gasteiger partial charge on any atom is -0.358 e. The summed E-state index contributed by atoms with van der Waals surface area (Å²) in [6.07, 6.45) is 6.03. The molecule has 94 valence electrons. The average molecular weight is 247 g/mol. The molecule has 4 rings (SSSR count). The van der Waals surface area contributed by atoms with E-state index in [4.69, 9.17) is 0 Å². The quantitative estimate of drug-likeness (QED) is 0.784. The molecule has 0 bridgehead atoms. The van der Waals surface area contributed by atoms with Gasteiger partial charge in [-0.2, -0.15) is 0 Å². The molecule has 0 saturated carbocycles.